The van der Waals surface area contributed by atoms with E-state index in [0.29, 0.717) is 30.3 Å². The monoisotopic (exact) mass is 446 g/mol. The van der Waals surface area contributed by atoms with Crippen LogP contribution in [0.1, 0.15) is 38.7 Å². The summed E-state index contributed by atoms with van der Waals surface area (Å²) in [6.07, 6.45) is 2.38. The van der Waals surface area contributed by atoms with Gasteiger partial charge in [-0.2, -0.15) is 0 Å². The van der Waals surface area contributed by atoms with Crippen LogP contribution in [0, 0.1) is 0 Å². The molecule has 1 N–H and O–H groups in total. The molecule has 0 aliphatic heterocycles. The first-order valence-corrected chi connectivity index (χ1v) is 10.9. The van der Waals surface area contributed by atoms with Gasteiger partial charge in [0.25, 0.3) is 5.91 Å². The number of halogens is 1. The van der Waals surface area contributed by atoms with E-state index in [4.69, 9.17) is 21.1 Å². The highest BCUT2D eigenvalue weighted by Crippen LogP contribution is 2.18. The van der Waals surface area contributed by atoms with Crippen molar-refractivity contribution in [1.82, 2.24) is 10.2 Å². The Morgan fingerprint density at radius 2 is 1.68 bits per heavy atom. The van der Waals surface area contributed by atoms with Gasteiger partial charge in [-0.05, 0) is 54.8 Å². The fraction of sp³-hybridized carbons (Fsp3) is 0.417. The van der Waals surface area contributed by atoms with Crippen molar-refractivity contribution in [2.75, 3.05) is 20.3 Å². The fourth-order valence-electron chi connectivity index (χ4n) is 3.11. The van der Waals surface area contributed by atoms with Crippen LogP contribution in [0.5, 0.6) is 11.5 Å². The molecular formula is C24H31ClN2O4. The lowest BCUT2D eigenvalue weighted by molar-refractivity contribution is -0.143. The predicted octanol–water partition coefficient (Wildman–Crippen LogP) is 4.45. The summed E-state index contributed by atoms with van der Waals surface area (Å²) in [4.78, 5) is 27.5. The molecule has 2 aromatic rings. The van der Waals surface area contributed by atoms with Crippen LogP contribution in [-0.2, 0) is 16.1 Å². The summed E-state index contributed by atoms with van der Waals surface area (Å²) < 4.78 is 10.9. The van der Waals surface area contributed by atoms with Crippen molar-refractivity contribution >= 4 is 23.4 Å². The maximum atomic E-state index is 13.1. The summed E-state index contributed by atoms with van der Waals surface area (Å²) in [5.41, 5.74) is 0.903. The standard InChI is InChI=1S/C24H31ClN2O4/c1-4-6-15-26-24(29)22(5-2)27(16-18-7-11-20(30-3)12-8-18)23(28)17-31-21-13-9-19(25)10-14-21/h7-14,22H,4-6,15-17H2,1-3H3,(H,26,29)/t22-/m0/s1. The first-order valence-electron chi connectivity index (χ1n) is 10.6. The molecule has 0 saturated heterocycles. The molecule has 0 saturated carbocycles. The number of nitrogens with zero attached hydrogens (tertiary/aromatic N) is 1. The van der Waals surface area contributed by atoms with Crippen LogP contribution in [0.25, 0.3) is 0 Å². The highest BCUT2D eigenvalue weighted by atomic mass is 35.5. The van der Waals surface area contributed by atoms with Crippen molar-refractivity contribution in [3.05, 3.63) is 59.1 Å². The highest BCUT2D eigenvalue weighted by molar-refractivity contribution is 6.30. The van der Waals surface area contributed by atoms with Gasteiger partial charge in [0.2, 0.25) is 5.91 Å². The first-order chi connectivity index (χ1) is 15.0. The summed E-state index contributed by atoms with van der Waals surface area (Å²) in [6, 6.07) is 13.7. The van der Waals surface area contributed by atoms with Gasteiger partial charge in [0.1, 0.15) is 17.5 Å². The van der Waals surface area contributed by atoms with E-state index >= 15 is 0 Å². The van der Waals surface area contributed by atoms with Gasteiger partial charge in [-0.15, -0.1) is 0 Å². The largest absolute Gasteiger partial charge is 0.497 e. The zero-order valence-corrected chi connectivity index (χ0v) is 19.2. The van der Waals surface area contributed by atoms with Crippen molar-refractivity contribution in [2.24, 2.45) is 0 Å². The van der Waals surface area contributed by atoms with Gasteiger partial charge in [-0.3, -0.25) is 9.59 Å². The molecule has 2 aromatic carbocycles. The highest BCUT2D eigenvalue weighted by Gasteiger charge is 2.28. The number of nitrogens with one attached hydrogen (secondary N) is 1. The van der Waals surface area contributed by atoms with E-state index < -0.39 is 6.04 Å². The third kappa shape index (κ3) is 7.79. The molecule has 0 aliphatic rings. The number of hydrogen-bond acceptors (Lipinski definition) is 4. The lowest BCUT2D eigenvalue weighted by Crippen LogP contribution is -2.50. The second-order valence-electron chi connectivity index (χ2n) is 7.18. The van der Waals surface area contributed by atoms with E-state index in [-0.39, 0.29) is 18.4 Å². The van der Waals surface area contributed by atoms with Gasteiger partial charge in [0, 0.05) is 18.1 Å². The average Bonchev–Trinajstić information content (AvgIpc) is 2.79. The van der Waals surface area contributed by atoms with Gasteiger partial charge in [-0.1, -0.05) is 44.0 Å². The van der Waals surface area contributed by atoms with E-state index in [2.05, 4.69) is 12.2 Å². The van der Waals surface area contributed by atoms with Crippen molar-refractivity contribution in [1.29, 1.82) is 0 Å². The molecule has 0 bridgehead atoms. The Morgan fingerprint density at radius 3 is 2.26 bits per heavy atom. The number of benzene rings is 2. The minimum absolute atomic E-state index is 0.149. The Labute approximate surface area is 189 Å². The van der Waals surface area contributed by atoms with Crippen LogP contribution in [0.3, 0.4) is 0 Å². The van der Waals surface area contributed by atoms with Crippen LogP contribution >= 0.6 is 11.6 Å². The topological polar surface area (TPSA) is 67.9 Å². The Hall–Kier alpha value is -2.73. The molecule has 0 aromatic heterocycles. The molecule has 0 radical (unpaired) electrons. The normalized spacial score (nSPS) is 11.5. The Balaban J connectivity index is 2.16. The second kappa shape index (κ2) is 12.8. The lowest BCUT2D eigenvalue weighted by Gasteiger charge is -2.30. The summed E-state index contributed by atoms with van der Waals surface area (Å²) in [7, 11) is 1.60. The summed E-state index contributed by atoms with van der Waals surface area (Å²) in [5, 5.41) is 3.54. The number of ether oxygens (including phenoxy) is 2. The maximum absolute atomic E-state index is 13.1. The Morgan fingerprint density at radius 1 is 1.03 bits per heavy atom. The van der Waals surface area contributed by atoms with E-state index in [1.165, 1.54) is 0 Å². The number of unbranched alkanes of at least 4 members (excludes halogenated alkanes) is 1. The molecule has 31 heavy (non-hydrogen) atoms. The van der Waals surface area contributed by atoms with Gasteiger partial charge < -0.3 is 19.7 Å². The molecule has 168 valence electrons. The third-order valence-corrected chi connectivity index (χ3v) is 5.16. The van der Waals surface area contributed by atoms with E-state index in [9.17, 15) is 9.59 Å². The van der Waals surface area contributed by atoms with Crippen molar-refractivity contribution in [2.45, 2.75) is 45.7 Å². The molecule has 2 rings (SSSR count). The molecular weight excluding hydrogens is 416 g/mol. The fourth-order valence-corrected chi connectivity index (χ4v) is 3.24. The Kier molecular flexibility index (Phi) is 10.2. The molecule has 0 unspecified atom stereocenters. The van der Waals surface area contributed by atoms with Crippen molar-refractivity contribution in [3.8, 4) is 11.5 Å². The predicted molar refractivity (Wildman–Crippen MR) is 122 cm³/mol. The second-order valence-corrected chi connectivity index (χ2v) is 7.62. The first kappa shape index (κ1) is 24.5. The Bertz CT molecular complexity index is 824. The molecule has 0 aliphatic carbocycles. The quantitative estimate of drug-likeness (QED) is 0.489. The SMILES string of the molecule is CCCCNC(=O)[C@H](CC)N(Cc1ccc(OC)cc1)C(=O)COc1ccc(Cl)cc1. The molecule has 7 heteroatoms. The van der Waals surface area contributed by atoms with E-state index in [0.717, 1.165) is 24.2 Å². The van der Waals surface area contributed by atoms with E-state index in [1.54, 1.807) is 36.3 Å². The van der Waals surface area contributed by atoms with Gasteiger partial charge >= 0.3 is 0 Å². The van der Waals surface area contributed by atoms with Crippen molar-refractivity contribution in [3.63, 3.8) is 0 Å². The molecule has 0 spiro atoms. The zero-order valence-electron chi connectivity index (χ0n) is 18.4. The van der Waals surface area contributed by atoms with Crippen LogP contribution in [0.15, 0.2) is 48.5 Å². The molecule has 2 amide bonds. The van der Waals surface area contributed by atoms with Crippen LogP contribution in [0.2, 0.25) is 5.02 Å². The minimum atomic E-state index is -0.583. The number of rotatable bonds is 12. The van der Waals surface area contributed by atoms with Crippen molar-refractivity contribution < 1.29 is 19.1 Å². The maximum Gasteiger partial charge on any atom is 0.261 e. The molecule has 6 nitrogen and oxygen atoms in total. The van der Waals surface area contributed by atoms with Crippen LogP contribution in [0.4, 0.5) is 0 Å². The number of carbonyl (C=O) groups is 2. The number of hydrogen-bond donors (Lipinski definition) is 1. The molecule has 0 fully saturated rings. The average molecular weight is 447 g/mol. The summed E-state index contributed by atoms with van der Waals surface area (Å²) >= 11 is 5.90. The molecule has 1 atom stereocenters. The molecule has 0 heterocycles. The third-order valence-electron chi connectivity index (χ3n) is 4.90. The van der Waals surface area contributed by atoms with Crippen LogP contribution in [-0.4, -0.2) is 43.0 Å². The number of methoxy groups -OCH3 is 1. The van der Waals surface area contributed by atoms with Gasteiger partial charge in [-0.25, -0.2) is 0 Å². The van der Waals surface area contributed by atoms with Gasteiger partial charge in [0.05, 0.1) is 7.11 Å². The number of carbonyl (C=O) groups excluding carboxylic acids is 2. The summed E-state index contributed by atoms with van der Waals surface area (Å²) in [5.74, 6) is 0.868. The number of amides is 2. The minimum Gasteiger partial charge on any atom is -0.497 e. The van der Waals surface area contributed by atoms with E-state index in [1.807, 2.05) is 31.2 Å². The summed E-state index contributed by atoms with van der Waals surface area (Å²) in [6.45, 7) is 4.69. The van der Waals surface area contributed by atoms with Crippen LogP contribution < -0.4 is 14.8 Å². The van der Waals surface area contributed by atoms with Gasteiger partial charge in [0.15, 0.2) is 6.61 Å². The lowest BCUT2D eigenvalue weighted by atomic mass is 10.1. The smallest absolute Gasteiger partial charge is 0.261 e. The zero-order chi connectivity index (χ0) is 22.6.